The Hall–Kier alpha value is -0.900. The fourth-order valence-electron chi connectivity index (χ4n) is 4.81. The lowest BCUT2D eigenvalue weighted by Crippen LogP contribution is -2.20. The highest BCUT2D eigenvalue weighted by molar-refractivity contribution is 7.98. The lowest BCUT2D eigenvalue weighted by molar-refractivity contribution is -0.107. The summed E-state index contributed by atoms with van der Waals surface area (Å²) in [6.45, 7) is 1.44. The van der Waals surface area contributed by atoms with Crippen molar-refractivity contribution in [2.45, 2.75) is 82.8 Å². The topological polar surface area (TPSA) is 72.2 Å². The normalized spacial score (nSPS) is 22.8. The van der Waals surface area contributed by atoms with Crippen molar-refractivity contribution in [3.05, 3.63) is 34.4 Å². The first-order chi connectivity index (χ1) is 17.5. The number of rotatable bonds is 3. The molecule has 3 fully saturated rings. The summed E-state index contributed by atoms with van der Waals surface area (Å²) in [7, 11) is 2.05. The maximum atomic E-state index is 14.1. The maximum absolute atomic E-state index is 14.1. The van der Waals surface area contributed by atoms with Crippen LogP contribution in [0.1, 0.15) is 70.3 Å². The van der Waals surface area contributed by atoms with E-state index in [1.165, 1.54) is 44.7 Å². The summed E-state index contributed by atoms with van der Waals surface area (Å²) in [5, 5.41) is 3.20. The molecule has 3 aliphatic carbocycles. The van der Waals surface area contributed by atoms with E-state index in [0.29, 0.717) is 19.3 Å². The van der Waals surface area contributed by atoms with Crippen molar-refractivity contribution in [2.75, 3.05) is 32.1 Å². The van der Waals surface area contributed by atoms with E-state index in [-0.39, 0.29) is 28.8 Å². The van der Waals surface area contributed by atoms with Crippen LogP contribution in [0.2, 0.25) is 5.02 Å². The number of nitrogens with one attached hydrogen (secondary N) is 1. The van der Waals surface area contributed by atoms with Gasteiger partial charge < -0.3 is 15.8 Å². The highest BCUT2D eigenvalue weighted by Gasteiger charge is 2.54. The highest BCUT2D eigenvalue weighted by atomic mass is 35.5. The van der Waals surface area contributed by atoms with Gasteiger partial charge in [0.15, 0.2) is 0 Å². The van der Waals surface area contributed by atoms with Gasteiger partial charge in [0, 0.05) is 11.6 Å². The molecule has 3 N–H and O–H groups in total. The zero-order chi connectivity index (χ0) is 28.9. The number of carbonyl (C=O) groups excluding carboxylic acids is 2. The molecule has 3 saturated carbocycles. The second-order valence-electron chi connectivity index (χ2n) is 9.28. The first kappa shape index (κ1) is 38.2. The fraction of sp³-hybridized carbons (Fsp3) is 0.704. The number of aldehydes is 1. The van der Waals surface area contributed by atoms with Crippen molar-refractivity contribution in [3.8, 4) is 0 Å². The van der Waals surface area contributed by atoms with Gasteiger partial charge in [0.1, 0.15) is 23.6 Å². The van der Waals surface area contributed by atoms with E-state index in [4.69, 9.17) is 21.2 Å². The molecule has 2 bridgehead atoms. The second kappa shape index (κ2) is 22.0. The van der Waals surface area contributed by atoms with Gasteiger partial charge >= 0.3 is 0 Å². The van der Waals surface area contributed by atoms with Crippen LogP contribution in [0.4, 0.5) is 13.2 Å². The van der Waals surface area contributed by atoms with Gasteiger partial charge in [-0.25, -0.2) is 13.2 Å². The summed E-state index contributed by atoms with van der Waals surface area (Å²) < 4.78 is 41.7. The minimum Gasteiger partial charge on any atom is -0.372 e. The third-order valence-corrected chi connectivity index (χ3v) is 6.64. The van der Waals surface area contributed by atoms with Gasteiger partial charge in [0.25, 0.3) is 0 Å². The van der Waals surface area contributed by atoms with Gasteiger partial charge in [-0.3, -0.25) is 4.79 Å². The smallest absolute Gasteiger partial charge is 0.204 e. The Morgan fingerprint density at radius 2 is 1.49 bits per heavy atom. The third kappa shape index (κ3) is 15.3. The van der Waals surface area contributed by atoms with Crippen LogP contribution in [0, 0.1) is 17.0 Å². The van der Waals surface area contributed by atoms with Crippen LogP contribution in [-0.4, -0.2) is 56.5 Å². The molecule has 1 aromatic rings. The summed E-state index contributed by atoms with van der Waals surface area (Å²) in [5.41, 5.74) is 2.83. The van der Waals surface area contributed by atoms with Gasteiger partial charge in [-0.05, 0) is 108 Å². The molecule has 37 heavy (non-hydrogen) atoms. The number of amides is 1. The molecule has 3 aliphatic rings. The average Bonchev–Trinajstić information content (AvgIpc) is 3.57. The van der Waals surface area contributed by atoms with Crippen LogP contribution in [0.3, 0.4) is 0 Å². The molecule has 0 unspecified atom stereocenters. The molecule has 0 aliphatic heterocycles. The number of fused-ring (bicyclic) bond motifs is 2. The largest absolute Gasteiger partial charge is 0.372 e. The number of alkyl halides is 1. The summed E-state index contributed by atoms with van der Waals surface area (Å²) in [5.74, 6) is -1.26. The molecular formula is C27H46ClF3N2O2S2. The summed E-state index contributed by atoms with van der Waals surface area (Å²) >= 11 is 9.18. The lowest BCUT2D eigenvalue weighted by Gasteiger charge is -2.26. The summed E-state index contributed by atoms with van der Waals surface area (Å²) in [4.78, 5) is 17.4. The van der Waals surface area contributed by atoms with Gasteiger partial charge in [-0.2, -0.15) is 23.5 Å². The molecule has 1 amide bonds. The molecule has 216 valence electrons. The Morgan fingerprint density at radius 1 is 1.05 bits per heavy atom. The van der Waals surface area contributed by atoms with Gasteiger partial charge in [0.2, 0.25) is 6.41 Å². The van der Waals surface area contributed by atoms with Crippen LogP contribution in [0.15, 0.2) is 12.1 Å². The SMILES string of the molecule is CC=O.CNC1CCCC1.CSC.CSC.Fc1ccc(Cl)c(F)c1CC12CCC(F)(CC1)C2.NC=O. The fourth-order valence-corrected chi connectivity index (χ4v) is 4.99. The van der Waals surface area contributed by atoms with Crippen LogP contribution < -0.4 is 11.1 Å². The summed E-state index contributed by atoms with van der Waals surface area (Å²) in [6.07, 6.45) is 18.0. The summed E-state index contributed by atoms with van der Waals surface area (Å²) in [6, 6.07) is 3.25. The number of hydrogen-bond donors (Lipinski definition) is 2. The van der Waals surface area contributed by atoms with Crippen molar-refractivity contribution >= 4 is 47.8 Å². The van der Waals surface area contributed by atoms with Crippen molar-refractivity contribution in [1.82, 2.24) is 5.32 Å². The van der Waals surface area contributed by atoms with E-state index in [1.807, 2.05) is 25.0 Å². The zero-order valence-electron chi connectivity index (χ0n) is 23.2. The van der Waals surface area contributed by atoms with Crippen molar-refractivity contribution in [3.63, 3.8) is 0 Å². The third-order valence-electron chi connectivity index (χ3n) is 6.35. The number of carbonyl (C=O) groups is 2. The Kier molecular flexibility index (Phi) is 22.7. The molecule has 0 aromatic heterocycles. The van der Waals surface area contributed by atoms with E-state index >= 15 is 0 Å². The van der Waals surface area contributed by atoms with Gasteiger partial charge in [-0.15, -0.1) is 0 Å². The first-order valence-corrected chi connectivity index (χ1v) is 16.0. The molecule has 4 nitrogen and oxygen atoms in total. The molecule has 0 heterocycles. The molecule has 0 spiro atoms. The van der Waals surface area contributed by atoms with E-state index in [0.717, 1.165) is 25.2 Å². The van der Waals surface area contributed by atoms with Crippen LogP contribution in [-0.2, 0) is 16.0 Å². The lowest BCUT2D eigenvalue weighted by atomic mass is 9.78. The molecular weight excluding hydrogens is 541 g/mol. The van der Waals surface area contributed by atoms with Gasteiger partial charge in [0.05, 0.1) is 5.02 Å². The van der Waals surface area contributed by atoms with E-state index < -0.39 is 17.3 Å². The minimum absolute atomic E-state index is 0.0219. The number of halogens is 4. The standard InChI is InChI=1S/C14H14ClF3.C6H13N.C2H4O.2C2H6S.CH3NO/c15-10-1-2-11(16)9(12(10)17)7-13-3-5-14(18,8-13)6-4-13;1-7-6-4-2-3-5-6;1-2-3;2*1-3-2;2-1-3/h1-2H,3-8H2;6-7H,2-5H2,1H3;2H,1H3;2*1-2H3;1H,(H2,2,3). The Balaban J connectivity index is 0. The maximum Gasteiger partial charge on any atom is 0.204 e. The van der Waals surface area contributed by atoms with Crippen LogP contribution in [0.5, 0.6) is 0 Å². The predicted octanol–water partition coefficient (Wildman–Crippen LogP) is 7.25. The highest BCUT2D eigenvalue weighted by Crippen LogP contribution is 2.59. The van der Waals surface area contributed by atoms with E-state index in [1.54, 1.807) is 23.5 Å². The molecule has 0 atom stereocenters. The Labute approximate surface area is 235 Å². The average molecular weight is 587 g/mol. The van der Waals surface area contributed by atoms with E-state index in [2.05, 4.69) is 18.1 Å². The van der Waals surface area contributed by atoms with Crippen molar-refractivity contribution < 1.29 is 22.8 Å². The van der Waals surface area contributed by atoms with E-state index in [9.17, 15) is 13.2 Å². The monoisotopic (exact) mass is 586 g/mol. The molecule has 0 saturated heterocycles. The number of nitrogens with two attached hydrogens (primary N) is 1. The van der Waals surface area contributed by atoms with Crippen molar-refractivity contribution in [2.24, 2.45) is 11.1 Å². The number of hydrogen-bond acceptors (Lipinski definition) is 5. The number of thioether (sulfide) groups is 2. The van der Waals surface area contributed by atoms with Crippen molar-refractivity contribution in [1.29, 1.82) is 0 Å². The molecule has 4 rings (SSSR count). The minimum atomic E-state index is -1.09. The Bertz CT molecular complexity index is 739. The molecule has 10 heteroatoms. The van der Waals surface area contributed by atoms with Crippen LogP contribution in [0.25, 0.3) is 0 Å². The first-order valence-electron chi connectivity index (χ1n) is 12.4. The quantitative estimate of drug-likeness (QED) is 0.288. The molecule has 1 aromatic carbocycles. The second-order valence-corrected chi connectivity index (χ2v) is 11.3. The van der Waals surface area contributed by atoms with Gasteiger partial charge in [-0.1, -0.05) is 24.4 Å². The molecule has 0 radical (unpaired) electrons. The Morgan fingerprint density at radius 3 is 1.81 bits per heavy atom. The predicted molar refractivity (Wildman–Crippen MR) is 157 cm³/mol. The zero-order valence-corrected chi connectivity index (χ0v) is 25.6. The number of primary amides is 1. The number of benzene rings is 1. The van der Waals surface area contributed by atoms with Crippen LogP contribution >= 0.6 is 35.1 Å².